The fourth-order valence-corrected chi connectivity index (χ4v) is 7.54. The maximum absolute atomic E-state index is 13.8. The van der Waals surface area contributed by atoms with Crippen LogP contribution in [0.25, 0.3) is 10.1 Å². The van der Waals surface area contributed by atoms with Gasteiger partial charge in [0.1, 0.15) is 17.6 Å². The van der Waals surface area contributed by atoms with Crippen LogP contribution in [-0.4, -0.2) is 54.0 Å². The van der Waals surface area contributed by atoms with Crippen LogP contribution >= 0.6 is 11.3 Å². The lowest BCUT2D eigenvalue weighted by Crippen LogP contribution is -2.53. The maximum atomic E-state index is 13.8. The molecule has 5 atom stereocenters. The molecular weight excluding hydrogens is 476 g/mol. The van der Waals surface area contributed by atoms with Gasteiger partial charge >= 0.3 is 0 Å². The predicted molar refractivity (Wildman–Crippen MR) is 138 cm³/mol. The van der Waals surface area contributed by atoms with Gasteiger partial charge in [-0.25, -0.2) is 0 Å². The van der Waals surface area contributed by atoms with Gasteiger partial charge in [-0.15, -0.1) is 11.3 Å². The molecule has 3 fully saturated rings. The minimum absolute atomic E-state index is 0.0569. The van der Waals surface area contributed by atoms with Crippen LogP contribution in [0, 0.1) is 17.8 Å². The molecule has 0 spiro atoms. The minimum atomic E-state index is -0.680. The molecule has 2 saturated carbocycles. The Morgan fingerprint density at radius 2 is 2.03 bits per heavy atom. The first-order chi connectivity index (χ1) is 17.4. The Morgan fingerprint density at radius 3 is 2.75 bits per heavy atom. The summed E-state index contributed by atoms with van der Waals surface area (Å²) in [6.45, 7) is 2.34. The molecule has 2 heterocycles. The van der Waals surface area contributed by atoms with Gasteiger partial charge in [0.25, 0.3) is 5.91 Å². The van der Waals surface area contributed by atoms with Crippen LogP contribution in [-0.2, 0) is 14.4 Å². The molecule has 8 heteroatoms. The van der Waals surface area contributed by atoms with Crippen molar-refractivity contribution < 1.29 is 23.9 Å². The van der Waals surface area contributed by atoms with E-state index in [1.54, 1.807) is 18.9 Å². The van der Waals surface area contributed by atoms with E-state index < -0.39 is 12.1 Å². The van der Waals surface area contributed by atoms with E-state index in [0.29, 0.717) is 36.6 Å². The van der Waals surface area contributed by atoms with Crippen LogP contribution in [0.5, 0.6) is 5.75 Å². The standard InChI is InChI=1S/C28H34N2O5S/c1-3-21(31)20(13-16-7-5-10-22(16)32)29-27(33)26-18-9-4-8-17(18)15-30(26)28(34)25-14-19-23(35-2)11-6-12-24(19)36-25/h6,11-12,14,16-18,20,26H,3-5,7-10,13,15H2,1-2H3,(H,29,33). The van der Waals surface area contributed by atoms with Crippen LogP contribution in [0.4, 0.5) is 0 Å². The lowest BCUT2D eigenvalue weighted by atomic mass is 9.91. The van der Waals surface area contributed by atoms with Crippen molar-refractivity contribution in [2.24, 2.45) is 17.8 Å². The fraction of sp³-hybridized carbons (Fsp3) is 0.571. The Morgan fingerprint density at radius 1 is 1.19 bits per heavy atom. The Kier molecular flexibility index (Phi) is 7.15. The number of carbonyl (C=O) groups excluding carboxylic acids is 4. The quantitative estimate of drug-likeness (QED) is 0.569. The molecular formula is C28H34N2O5S. The van der Waals surface area contributed by atoms with Gasteiger partial charge in [-0.3, -0.25) is 19.2 Å². The zero-order chi connectivity index (χ0) is 25.4. The number of carbonyl (C=O) groups is 4. The van der Waals surface area contributed by atoms with Crippen LogP contribution in [0.15, 0.2) is 24.3 Å². The predicted octanol–water partition coefficient (Wildman–Crippen LogP) is 4.37. The molecule has 1 N–H and O–H groups in total. The number of ketones is 2. The number of likely N-dealkylation sites (tertiary alicyclic amines) is 1. The van der Waals surface area contributed by atoms with Crippen LogP contribution in [0.3, 0.4) is 0 Å². The molecule has 0 bridgehead atoms. The monoisotopic (exact) mass is 510 g/mol. The van der Waals surface area contributed by atoms with Gasteiger partial charge in [0.05, 0.1) is 18.0 Å². The third-order valence-corrected chi connectivity index (χ3v) is 9.47. The molecule has 1 aromatic carbocycles. The maximum Gasteiger partial charge on any atom is 0.264 e. The molecule has 3 aliphatic rings. The Bertz CT molecular complexity index is 1190. The van der Waals surface area contributed by atoms with E-state index in [1.807, 2.05) is 24.3 Å². The van der Waals surface area contributed by atoms with E-state index in [-0.39, 0.29) is 35.2 Å². The second kappa shape index (κ2) is 10.3. The number of benzene rings is 1. The van der Waals surface area contributed by atoms with Gasteiger partial charge in [-0.05, 0) is 62.1 Å². The zero-order valence-corrected chi connectivity index (χ0v) is 21.8. The highest BCUT2D eigenvalue weighted by Gasteiger charge is 2.50. The first kappa shape index (κ1) is 24.9. The number of fused-ring (bicyclic) bond motifs is 2. The highest BCUT2D eigenvalue weighted by Crippen LogP contribution is 2.44. The molecule has 7 nitrogen and oxygen atoms in total. The van der Waals surface area contributed by atoms with Gasteiger partial charge in [-0.1, -0.05) is 19.4 Å². The number of nitrogens with one attached hydrogen (secondary N) is 1. The number of Topliss-reactive ketones (excluding diaryl/α,β-unsaturated/α-hetero) is 2. The molecule has 0 radical (unpaired) electrons. The SMILES string of the molecule is CCC(=O)C(CC1CCCC1=O)NC(=O)C1C2CCCC2CN1C(=O)c1cc2c(OC)cccc2s1. The summed E-state index contributed by atoms with van der Waals surface area (Å²) >= 11 is 1.41. The molecule has 1 aromatic heterocycles. The normalized spacial score (nSPS) is 26.3. The summed E-state index contributed by atoms with van der Waals surface area (Å²) in [6.07, 6.45) is 5.80. The lowest BCUT2D eigenvalue weighted by molar-refractivity contribution is -0.131. The van der Waals surface area contributed by atoms with E-state index in [1.165, 1.54) is 11.3 Å². The highest BCUT2D eigenvalue weighted by atomic mass is 32.1. The largest absolute Gasteiger partial charge is 0.496 e. The molecule has 36 heavy (non-hydrogen) atoms. The number of amides is 2. The number of hydrogen-bond acceptors (Lipinski definition) is 6. The molecule has 1 aliphatic heterocycles. The van der Waals surface area contributed by atoms with Crippen molar-refractivity contribution in [3.8, 4) is 5.75 Å². The van der Waals surface area contributed by atoms with Gasteiger partial charge < -0.3 is 15.0 Å². The van der Waals surface area contributed by atoms with Crippen molar-refractivity contribution in [3.63, 3.8) is 0 Å². The summed E-state index contributed by atoms with van der Waals surface area (Å²) in [4.78, 5) is 54.8. The highest BCUT2D eigenvalue weighted by molar-refractivity contribution is 7.20. The third kappa shape index (κ3) is 4.56. The van der Waals surface area contributed by atoms with Crippen molar-refractivity contribution >= 4 is 44.8 Å². The number of rotatable bonds is 8. The number of hydrogen-bond donors (Lipinski definition) is 1. The van der Waals surface area contributed by atoms with Crippen molar-refractivity contribution in [1.29, 1.82) is 0 Å². The topological polar surface area (TPSA) is 92.8 Å². The first-order valence-electron chi connectivity index (χ1n) is 13.1. The van der Waals surface area contributed by atoms with E-state index in [0.717, 1.165) is 47.9 Å². The average molecular weight is 511 g/mol. The fourth-order valence-electron chi connectivity index (χ4n) is 6.51. The van der Waals surface area contributed by atoms with E-state index >= 15 is 0 Å². The number of ether oxygens (including phenoxy) is 1. The molecule has 192 valence electrons. The molecule has 5 unspecified atom stereocenters. The molecule has 1 saturated heterocycles. The van der Waals surface area contributed by atoms with Gasteiger partial charge in [0, 0.05) is 35.4 Å². The summed E-state index contributed by atoms with van der Waals surface area (Å²) in [5.74, 6) is 0.683. The third-order valence-electron chi connectivity index (χ3n) is 8.38. The van der Waals surface area contributed by atoms with Crippen LogP contribution in [0.2, 0.25) is 0 Å². The van der Waals surface area contributed by atoms with Crippen molar-refractivity contribution in [1.82, 2.24) is 10.2 Å². The Labute approximate surface area is 215 Å². The van der Waals surface area contributed by atoms with Crippen LogP contribution < -0.4 is 10.1 Å². The smallest absolute Gasteiger partial charge is 0.264 e. The van der Waals surface area contributed by atoms with Gasteiger partial charge in [0.2, 0.25) is 5.91 Å². The number of methoxy groups -OCH3 is 1. The van der Waals surface area contributed by atoms with E-state index in [9.17, 15) is 19.2 Å². The average Bonchev–Trinajstić information content (AvgIpc) is 3.66. The summed E-state index contributed by atoms with van der Waals surface area (Å²) in [5.41, 5.74) is 0. The second-order valence-corrected chi connectivity index (χ2v) is 11.5. The van der Waals surface area contributed by atoms with Crippen LogP contribution in [0.1, 0.15) is 68.0 Å². The minimum Gasteiger partial charge on any atom is -0.496 e. The number of thiophene rings is 1. The van der Waals surface area contributed by atoms with E-state index in [4.69, 9.17) is 4.74 Å². The van der Waals surface area contributed by atoms with Crippen molar-refractivity contribution in [3.05, 3.63) is 29.1 Å². The van der Waals surface area contributed by atoms with E-state index in [2.05, 4.69) is 5.32 Å². The second-order valence-electron chi connectivity index (χ2n) is 10.4. The Hall–Kier alpha value is -2.74. The first-order valence-corrected chi connectivity index (χ1v) is 14.0. The number of nitrogens with zero attached hydrogens (tertiary/aromatic N) is 1. The lowest BCUT2D eigenvalue weighted by Gasteiger charge is -2.29. The molecule has 5 rings (SSSR count). The van der Waals surface area contributed by atoms with Crippen molar-refractivity contribution in [2.45, 2.75) is 70.4 Å². The molecule has 2 aromatic rings. The van der Waals surface area contributed by atoms with Crippen molar-refractivity contribution in [2.75, 3.05) is 13.7 Å². The van der Waals surface area contributed by atoms with Gasteiger partial charge in [-0.2, -0.15) is 0 Å². The van der Waals surface area contributed by atoms with Gasteiger partial charge in [0.15, 0.2) is 5.78 Å². The summed E-state index contributed by atoms with van der Waals surface area (Å²) < 4.78 is 6.43. The zero-order valence-electron chi connectivity index (χ0n) is 21.0. The summed E-state index contributed by atoms with van der Waals surface area (Å²) in [7, 11) is 1.61. The summed E-state index contributed by atoms with van der Waals surface area (Å²) in [5, 5.41) is 3.89. The molecule has 2 aliphatic carbocycles. The summed E-state index contributed by atoms with van der Waals surface area (Å²) in [6, 6.07) is 6.33. The Balaban J connectivity index is 1.39. The molecule has 2 amide bonds.